The number of rotatable bonds is 5. The van der Waals surface area contributed by atoms with Crippen LogP contribution in [0.4, 0.5) is 0 Å². The van der Waals surface area contributed by atoms with Gasteiger partial charge in [0.25, 0.3) is 0 Å². The molecule has 2 atom stereocenters. The molecule has 1 heterocycles. The molecule has 3 heteroatoms. The first-order valence-corrected chi connectivity index (χ1v) is 6.32. The first-order chi connectivity index (χ1) is 8.69. The van der Waals surface area contributed by atoms with Gasteiger partial charge in [0.2, 0.25) is 0 Å². The van der Waals surface area contributed by atoms with E-state index in [0.29, 0.717) is 0 Å². The zero-order valence-corrected chi connectivity index (χ0v) is 11.0. The number of benzene rings is 1. The minimum Gasteiger partial charge on any atom is -0.382 e. The molecule has 1 aromatic carbocycles. The standard InChI is InChI=1S/C15H20N2O/c1-11(18-2)9-13(16)10-14-8-7-12-5-3-4-6-15(12)17-14/h3-8,11,13H,9-10,16H2,1-2H3. The number of aromatic nitrogens is 1. The highest BCUT2D eigenvalue weighted by Gasteiger charge is 2.10. The molecule has 3 nitrogen and oxygen atoms in total. The lowest BCUT2D eigenvalue weighted by atomic mass is 10.0. The van der Waals surface area contributed by atoms with Crippen LogP contribution in [0.3, 0.4) is 0 Å². The number of nitrogens with two attached hydrogens (primary N) is 1. The predicted molar refractivity (Wildman–Crippen MR) is 74.5 cm³/mol. The van der Waals surface area contributed by atoms with E-state index >= 15 is 0 Å². The van der Waals surface area contributed by atoms with Crippen molar-refractivity contribution in [3.63, 3.8) is 0 Å². The lowest BCUT2D eigenvalue weighted by Gasteiger charge is -2.15. The third kappa shape index (κ3) is 3.28. The van der Waals surface area contributed by atoms with Crippen LogP contribution < -0.4 is 5.73 Å². The number of hydrogen-bond donors (Lipinski definition) is 1. The lowest BCUT2D eigenvalue weighted by molar-refractivity contribution is 0.104. The molecule has 0 radical (unpaired) electrons. The largest absolute Gasteiger partial charge is 0.382 e. The Morgan fingerprint density at radius 2 is 2.00 bits per heavy atom. The van der Waals surface area contributed by atoms with E-state index in [-0.39, 0.29) is 12.1 Å². The average molecular weight is 244 g/mol. The van der Waals surface area contributed by atoms with E-state index in [1.807, 2.05) is 25.1 Å². The van der Waals surface area contributed by atoms with Crippen LogP contribution in [0.2, 0.25) is 0 Å². The molecular formula is C15H20N2O. The highest BCUT2D eigenvalue weighted by Crippen LogP contribution is 2.13. The number of para-hydroxylation sites is 1. The topological polar surface area (TPSA) is 48.1 Å². The van der Waals surface area contributed by atoms with Crippen molar-refractivity contribution in [2.24, 2.45) is 5.73 Å². The first kappa shape index (κ1) is 13.0. The number of hydrogen-bond acceptors (Lipinski definition) is 3. The van der Waals surface area contributed by atoms with Crippen molar-refractivity contribution in [2.75, 3.05) is 7.11 Å². The Hall–Kier alpha value is -1.45. The highest BCUT2D eigenvalue weighted by molar-refractivity contribution is 5.78. The number of ether oxygens (including phenoxy) is 1. The highest BCUT2D eigenvalue weighted by atomic mass is 16.5. The normalized spacial score (nSPS) is 14.6. The SMILES string of the molecule is COC(C)CC(N)Cc1ccc2ccccc2n1. The average Bonchev–Trinajstić information content (AvgIpc) is 2.38. The molecule has 1 aromatic heterocycles. The quantitative estimate of drug-likeness (QED) is 0.879. The van der Waals surface area contributed by atoms with Crippen molar-refractivity contribution in [3.8, 4) is 0 Å². The molecule has 0 aliphatic heterocycles. The molecule has 2 rings (SSSR count). The van der Waals surface area contributed by atoms with E-state index in [2.05, 4.69) is 23.2 Å². The van der Waals surface area contributed by atoms with E-state index in [0.717, 1.165) is 24.1 Å². The third-order valence-corrected chi connectivity index (χ3v) is 3.16. The minimum atomic E-state index is 0.0913. The second kappa shape index (κ2) is 5.94. The fraction of sp³-hybridized carbons (Fsp3) is 0.400. The molecule has 0 fully saturated rings. The summed E-state index contributed by atoms with van der Waals surface area (Å²) in [6.45, 7) is 2.04. The van der Waals surface area contributed by atoms with Crippen LogP contribution in [0.1, 0.15) is 19.0 Å². The summed E-state index contributed by atoms with van der Waals surface area (Å²) in [6, 6.07) is 12.4. The van der Waals surface area contributed by atoms with Crippen LogP contribution in [0.5, 0.6) is 0 Å². The molecule has 0 bridgehead atoms. The molecule has 0 amide bonds. The number of pyridine rings is 1. The fourth-order valence-electron chi connectivity index (χ4n) is 2.10. The molecular weight excluding hydrogens is 224 g/mol. The summed E-state index contributed by atoms with van der Waals surface area (Å²) in [5, 5.41) is 1.17. The summed E-state index contributed by atoms with van der Waals surface area (Å²) < 4.78 is 5.23. The van der Waals surface area contributed by atoms with E-state index in [9.17, 15) is 0 Å². The van der Waals surface area contributed by atoms with Gasteiger partial charge in [0, 0.05) is 30.7 Å². The van der Waals surface area contributed by atoms with Crippen molar-refractivity contribution < 1.29 is 4.74 Å². The first-order valence-electron chi connectivity index (χ1n) is 6.32. The minimum absolute atomic E-state index is 0.0913. The monoisotopic (exact) mass is 244 g/mol. The molecule has 0 aliphatic carbocycles. The number of nitrogens with zero attached hydrogens (tertiary/aromatic N) is 1. The Kier molecular flexibility index (Phi) is 4.28. The molecule has 18 heavy (non-hydrogen) atoms. The van der Waals surface area contributed by atoms with Gasteiger partial charge in [0.05, 0.1) is 11.6 Å². The van der Waals surface area contributed by atoms with Crippen LogP contribution in [0.25, 0.3) is 10.9 Å². The summed E-state index contributed by atoms with van der Waals surface area (Å²) in [5.74, 6) is 0. The van der Waals surface area contributed by atoms with Gasteiger partial charge < -0.3 is 10.5 Å². The fourth-order valence-corrected chi connectivity index (χ4v) is 2.10. The van der Waals surface area contributed by atoms with Gasteiger partial charge in [-0.2, -0.15) is 0 Å². The molecule has 0 saturated heterocycles. The summed E-state index contributed by atoms with van der Waals surface area (Å²) in [6.07, 6.45) is 1.84. The summed E-state index contributed by atoms with van der Waals surface area (Å²) in [5.41, 5.74) is 8.18. The zero-order valence-electron chi connectivity index (χ0n) is 11.0. The Labute approximate surface area is 108 Å². The van der Waals surface area contributed by atoms with Gasteiger partial charge >= 0.3 is 0 Å². The molecule has 0 aliphatic rings. The van der Waals surface area contributed by atoms with Crippen LogP contribution in [-0.4, -0.2) is 24.2 Å². The second-order valence-electron chi connectivity index (χ2n) is 4.74. The summed E-state index contributed by atoms with van der Waals surface area (Å²) in [4.78, 5) is 4.63. The van der Waals surface area contributed by atoms with Crippen molar-refractivity contribution in [1.82, 2.24) is 4.98 Å². The Morgan fingerprint density at radius 3 is 2.78 bits per heavy atom. The Morgan fingerprint density at radius 1 is 1.22 bits per heavy atom. The van der Waals surface area contributed by atoms with Crippen LogP contribution >= 0.6 is 0 Å². The van der Waals surface area contributed by atoms with Gasteiger partial charge in [-0.1, -0.05) is 24.3 Å². The van der Waals surface area contributed by atoms with Gasteiger partial charge in [-0.25, -0.2) is 0 Å². The lowest BCUT2D eigenvalue weighted by Crippen LogP contribution is -2.28. The zero-order chi connectivity index (χ0) is 13.0. The summed E-state index contributed by atoms with van der Waals surface area (Å²) in [7, 11) is 1.71. The smallest absolute Gasteiger partial charge is 0.0705 e. The number of fused-ring (bicyclic) bond motifs is 1. The van der Waals surface area contributed by atoms with Gasteiger partial charge in [-0.15, -0.1) is 0 Å². The molecule has 2 unspecified atom stereocenters. The van der Waals surface area contributed by atoms with Gasteiger partial charge in [0.15, 0.2) is 0 Å². The van der Waals surface area contributed by atoms with Crippen molar-refractivity contribution in [3.05, 3.63) is 42.1 Å². The Balaban J connectivity index is 2.07. The van der Waals surface area contributed by atoms with Crippen LogP contribution in [-0.2, 0) is 11.2 Å². The maximum absolute atomic E-state index is 6.11. The summed E-state index contributed by atoms with van der Waals surface area (Å²) >= 11 is 0. The van der Waals surface area contributed by atoms with Crippen LogP contribution in [0.15, 0.2) is 36.4 Å². The van der Waals surface area contributed by atoms with Crippen LogP contribution in [0, 0.1) is 0 Å². The van der Waals surface area contributed by atoms with Crippen molar-refractivity contribution in [1.29, 1.82) is 0 Å². The maximum Gasteiger partial charge on any atom is 0.0705 e. The van der Waals surface area contributed by atoms with Crippen molar-refractivity contribution >= 4 is 10.9 Å². The van der Waals surface area contributed by atoms with Gasteiger partial charge in [-0.3, -0.25) is 4.98 Å². The van der Waals surface area contributed by atoms with E-state index < -0.39 is 0 Å². The second-order valence-corrected chi connectivity index (χ2v) is 4.74. The number of methoxy groups -OCH3 is 1. The predicted octanol–water partition coefficient (Wildman–Crippen LogP) is 2.53. The van der Waals surface area contributed by atoms with Gasteiger partial charge in [0.1, 0.15) is 0 Å². The van der Waals surface area contributed by atoms with E-state index in [1.54, 1.807) is 7.11 Å². The molecule has 2 aromatic rings. The third-order valence-electron chi connectivity index (χ3n) is 3.16. The Bertz CT molecular complexity index is 513. The molecule has 2 N–H and O–H groups in total. The molecule has 96 valence electrons. The van der Waals surface area contributed by atoms with E-state index in [4.69, 9.17) is 10.5 Å². The molecule has 0 saturated carbocycles. The van der Waals surface area contributed by atoms with Crippen molar-refractivity contribution in [2.45, 2.75) is 31.9 Å². The molecule has 0 spiro atoms. The maximum atomic E-state index is 6.11. The van der Waals surface area contributed by atoms with Gasteiger partial charge in [-0.05, 0) is 25.5 Å². The van der Waals surface area contributed by atoms with E-state index in [1.165, 1.54) is 5.39 Å².